The van der Waals surface area contributed by atoms with E-state index in [0.29, 0.717) is 26.1 Å². The van der Waals surface area contributed by atoms with Gasteiger partial charge in [0.2, 0.25) is 11.8 Å². The zero-order valence-electron chi connectivity index (χ0n) is 12.5. The van der Waals surface area contributed by atoms with Crippen LogP contribution < -0.4 is 15.5 Å². The Morgan fingerprint density at radius 2 is 2.05 bits per heavy atom. The molecule has 22 heavy (non-hydrogen) atoms. The first-order valence-electron chi connectivity index (χ1n) is 7.60. The average molecular weight is 324 g/mol. The van der Waals surface area contributed by atoms with Crippen molar-refractivity contribution in [1.82, 2.24) is 10.6 Å². The van der Waals surface area contributed by atoms with E-state index in [2.05, 4.69) is 10.6 Å². The van der Waals surface area contributed by atoms with Gasteiger partial charge in [-0.3, -0.25) is 9.59 Å². The van der Waals surface area contributed by atoms with Crippen molar-refractivity contribution in [2.24, 2.45) is 5.92 Å². The molecule has 1 aliphatic heterocycles. The minimum absolute atomic E-state index is 0. The Hall–Kier alpha value is -1.59. The van der Waals surface area contributed by atoms with E-state index >= 15 is 0 Å². The molecule has 1 saturated carbocycles. The Balaban J connectivity index is 0.00000176. The summed E-state index contributed by atoms with van der Waals surface area (Å²) in [7, 11) is 0. The van der Waals surface area contributed by atoms with Crippen molar-refractivity contribution in [3.05, 3.63) is 29.8 Å². The molecule has 120 valence electrons. The highest BCUT2D eigenvalue weighted by molar-refractivity contribution is 6.01. The first-order chi connectivity index (χ1) is 10.2. The fourth-order valence-corrected chi connectivity index (χ4v) is 2.64. The molecule has 2 N–H and O–H groups in total. The number of rotatable bonds is 7. The summed E-state index contributed by atoms with van der Waals surface area (Å²) in [6.45, 7) is 2.32. The second-order valence-electron chi connectivity index (χ2n) is 5.78. The van der Waals surface area contributed by atoms with Gasteiger partial charge in [0, 0.05) is 18.8 Å². The van der Waals surface area contributed by atoms with Crippen LogP contribution in [0.3, 0.4) is 0 Å². The number of hydrogen-bond donors (Lipinski definition) is 2. The SMILES string of the molecule is Cl.O=C(CNCC1CC1)NCCN1C(=O)Cc2ccccc21. The average Bonchev–Trinajstić information content (AvgIpc) is 3.23. The number of halogens is 1. The van der Waals surface area contributed by atoms with Gasteiger partial charge in [0.15, 0.2) is 0 Å². The molecule has 0 spiro atoms. The normalized spacial score (nSPS) is 16.2. The molecular weight excluding hydrogens is 302 g/mol. The molecular formula is C16H22ClN3O2. The molecule has 0 saturated heterocycles. The van der Waals surface area contributed by atoms with Crippen LogP contribution in [0, 0.1) is 5.92 Å². The van der Waals surface area contributed by atoms with E-state index in [0.717, 1.165) is 23.7 Å². The van der Waals surface area contributed by atoms with E-state index in [4.69, 9.17) is 0 Å². The number of benzene rings is 1. The van der Waals surface area contributed by atoms with Crippen molar-refractivity contribution < 1.29 is 9.59 Å². The van der Waals surface area contributed by atoms with Gasteiger partial charge in [0.1, 0.15) is 0 Å². The second kappa shape index (κ2) is 7.61. The van der Waals surface area contributed by atoms with E-state index in [-0.39, 0.29) is 24.2 Å². The smallest absolute Gasteiger partial charge is 0.234 e. The summed E-state index contributed by atoms with van der Waals surface area (Å²) in [5, 5.41) is 6.02. The summed E-state index contributed by atoms with van der Waals surface area (Å²) >= 11 is 0. The summed E-state index contributed by atoms with van der Waals surface area (Å²) in [4.78, 5) is 25.4. The lowest BCUT2D eigenvalue weighted by molar-refractivity contribution is -0.120. The van der Waals surface area contributed by atoms with Crippen LogP contribution in [0.5, 0.6) is 0 Å². The number of nitrogens with zero attached hydrogens (tertiary/aromatic N) is 1. The largest absolute Gasteiger partial charge is 0.353 e. The number of carbonyl (C=O) groups is 2. The van der Waals surface area contributed by atoms with Gasteiger partial charge in [0.05, 0.1) is 13.0 Å². The quantitative estimate of drug-likeness (QED) is 0.790. The fraction of sp³-hybridized carbons (Fsp3) is 0.500. The number of carbonyl (C=O) groups excluding carboxylic acids is 2. The van der Waals surface area contributed by atoms with E-state index in [1.165, 1.54) is 12.8 Å². The van der Waals surface area contributed by atoms with Gasteiger partial charge in [-0.05, 0) is 36.9 Å². The van der Waals surface area contributed by atoms with E-state index in [9.17, 15) is 9.59 Å². The monoisotopic (exact) mass is 323 g/mol. The summed E-state index contributed by atoms with van der Waals surface area (Å²) in [6, 6.07) is 7.82. The van der Waals surface area contributed by atoms with Crippen LogP contribution in [0.15, 0.2) is 24.3 Å². The molecule has 0 bridgehead atoms. The lowest BCUT2D eigenvalue weighted by Gasteiger charge is -2.17. The van der Waals surface area contributed by atoms with Gasteiger partial charge in [0.25, 0.3) is 0 Å². The van der Waals surface area contributed by atoms with Crippen molar-refractivity contribution in [2.45, 2.75) is 19.3 Å². The zero-order chi connectivity index (χ0) is 14.7. The van der Waals surface area contributed by atoms with Crippen LogP contribution in [-0.2, 0) is 16.0 Å². The maximum absolute atomic E-state index is 12.0. The van der Waals surface area contributed by atoms with Crippen molar-refractivity contribution in [2.75, 3.05) is 31.1 Å². The highest BCUT2D eigenvalue weighted by atomic mass is 35.5. The maximum atomic E-state index is 12.0. The van der Waals surface area contributed by atoms with Crippen LogP contribution >= 0.6 is 12.4 Å². The lowest BCUT2D eigenvalue weighted by Crippen LogP contribution is -2.40. The standard InChI is InChI=1S/C16H21N3O2.ClH/c20-15(11-17-10-12-5-6-12)18-7-8-19-14-4-2-1-3-13(14)9-16(19)21;/h1-4,12,17H,5-11H2,(H,18,20);1H. The summed E-state index contributed by atoms with van der Waals surface area (Å²) in [5.74, 6) is 0.879. The first kappa shape index (κ1) is 16.8. The number of amides is 2. The molecule has 2 aliphatic rings. The third kappa shape index (κ3) is 4.21. The number of fused-ring (bicyclic) bond motifs is 1. The Morgan fingerprint density at radius 1 is 1.27 bits per heavy atom. The van der Waals surface area contributed by atoms with E-state index in [1.54, 1.807) is 4.90 Å². The van der Waals surface area contributed by atoms with Crippen LogP contribution in [0.1, 0.15) is 18.4 Å². The molecule has 1 aliphatic carbocycles. The molecule has 1 fully saturated rings. The number of anilines is 1. The van der Waals surface area contributed by atoms with Crippen LogP contribution in [0.25, 0.3) is 0 Å². The molecule has 0 radical (unpaired) electrons. The molecule has 3 rings (SSSR count). The molecule has 0 unspecified atom stereocenters. The second-order valence-corrected chi connectivity index (χ2v) is 5.78. The first-order valence-corrected chi connectivity index (χ1v) is 7.60. The Bertz CT molecular complexity index is 546. The van der Waals surface area contributed by atoms with Gasteiger partial charge in [-0.15, -0.1) is 12.4 Å². The van der Waals surface area contributed by atoms with Gasteiger partial charge < -0.3 is 15.5 Å². The van der Waals surface area contributed by atoms with Gasteiger partial charge >= 0.3 is 0 Å². The fourth-order valence-electron chi connectivity index (χ4n) is 2.64. The zero-order valence-corrected chi connectivity index (χ0v) is 13.3. The summed E-state index contributed by atoms with van der Waals surface area (Å²) in [5.41, 5.74) is 2.04. The van der Waals surface area contributed by atoms with E-state index < -0.39 is 0 Å². The van der Waals surface area contributed by atoms with E-state index in [1.807, 2.05) is 24.3 Å². The predicted molar refractivity (Wildman–Crippen MR) is 88.4 cm³/mol. The predicted octanol–water partition coefficient (Wildman–Crippen LogP) is 1.11. The van der Waals surface area contributed by atoms with Crippen molar-refractivity contribution in [3.63, 3.8) is 0 Å². The lowest BCUT2D eigenvalue weighted by atomic mass is 10.2. The molecule has 2 amide bonds. The Labute approximate surface area is 136 Å². The van der Waals surface area contributed by atoms with Crippen molar-refractivity contribution in [3.8, 4) is 0 Å². The minimum atomic E-state index is -0.00409. The molecule has 5 nitrogen and oxygen atoms in total. The molecule has 0 aromatic heterocycles. The molecule has 1 aromatic carbocycles. The number of para-hydroxylation sites is 1. The maximum Gasteiger partial charge on any atom is 0.234 e. The molecule has 6 heteroatoms. The summed E-state index contributed by atoms with van der Waals surface area (Å²) in [6.07, 6.45) is 3.03. The van der Waals surface area contributed by atoms with Crippen molar-refractivity contribution >= 4 is 29.9 Å². The highest BCUT2D eigenvalue weighted by Gasteiger charge is 2.26. The molecule has 1 aromatic rings. The highest BCUT2D eigenvalue weighted by Crippen LogP contribution is 2.28. The number of nitrogens with one attached hydrogen (secondary N) is 2. The Morgan fingerprint density at radius 3 is 2.82 bits per heavy atom. The van der Waals surface area contributed by atoms with Gasteiger partial charge in [-0.25, -0.2) is 0 Å². The van der Waals surface area contributed by atoms with Gasteiger partial charge in [-0.2, -0.15) is 0 Å². The van der Waals surface area contributed by atoms with Gasteiger partial charge in [-0.1, -0.05) is 18.2 Å². The third-order valence-corrected chi connectivity index (χ3v) is 4.00. The molecule has 1 heterocycles. The van der Waals surface area contributed by atoms with Crippen LogP contribution in [0.4, 0.5) is 5.69 Å². The molecule has 0 atom stereocenters. The minimum Gasteiger partial charge on any atom is -0.353 e. The number of hydrogen-bond acceptors (Lipinski definition) is 3. The Kier molecular flexibility index (Phi) is 5.80. The van der Waals surface area contributed by atoms with Crippen LogP contribution in [0.2, 0.25) is 0 Å². The van der Waals surface area contributed by atoms with Crippen LogP contribution in [-0.4, -0.2) is 38.0 Å². The third-order valence-electron chi connectivity index (χ3n) is 4.00. The topological polar surface area (TPSA) is 61.4 Å². The summed E-state index contributed by atoms with van der Waals surface area (Å²) < 4.78 is 0. The van der Waals surface area contributed by atoms with Crippen molar-refractivity contribution in [1.29, 1.82) is 0 Å².